The summed E-state index contributed by atoms with van der Waals surface area (Å²) in [4.78, 5) is 2.46. The Balaban J connectivity index is 1.66. The average molecular weight is 321 g/mol. The predicted octanol–water partition coefficient (Wildman–Crippen LogP) is 3.10. The highest BCUT2D eigenvalue weighted by molar-refractivity contribution is 6.30. The van der Waals surface area contributed by atoms with Gasteiger partial charge in [0.2, 0.25) is 0 Å². The molecule has 4 nitrogen and oxygen atoms in total. The number of rotatable bonds is 6. The molecule has 1 aliphatic rings. The Labute approximate surface area is 136 Å². The summed E-state index contributed by atoms with van der Waals surface area (Å²) in [5.41, 5.74) is 1.28. The van der Waals surface area contributed by atoms with Gasteiger partial charge in [-0.25, -0.2) is 0 Å². The summed E-state index contributed by atoms with van der Waals surface area (Å²) in [6.07, 6.45) is 1.70. The molecule has 2 heterocycles. The molecular formula is C17H21ClN2O2. The number of nitrogens with one attached hydrogen (secondary N) is 1. The number of morpholine rings is 1. The molecule has 2 aromatic rings. The van der Waals surface area contributed by atoms with Crippen LogP contribution >= 0.6 is 11.6 Å². The number of benzene rings is 1. The van der Waals surface area contributed by atoms with Gasteiger partial charge in [0, 0.05) is 30.7 Å². The summed E-state index contributed by atoms with van der Waals surface area (Å²) in [6, 6.07) is 12.3. The van der Waals surface area contributed by atoms with E-state index in [0.717, 1.165) is 50.2 Å². The molecule has 1 N–H and O–H groups in total. The first-order valence-electron chi connectivity index (χ1n) is 7.63. The van der Waals surface area contributed by atoms with Gasteiger partial charge in [-0.1, -0.05) is 23.7 Å². The standard InChI is InChI=1S/C17H21ClN2O2/c18-15-5-3-14(4-6-15)17(20-7-10-21-11-8-20)13-19-12-16-2-1-9-22-16/h1-6,9,17,19H,7-8,10-13H2. The van der Waals surface area contributed by atoms with E-state index in [2.05, 4.69) is 22.3 Å². The van der Waals surface area contributed by atoms with Gasteiger partial charge in [-0.15, -0.1) is 0 Å². The number of nitrogens with zero attached hydrogens (tertiary/aromatic N) is 1. The zero-order valence-corrected chi connectivity index (χ0v) is 13.3. The third-order valence-electron chi connectivity index (χ3n) is 3.96. The summed E-state index contributed by atoms with van der Waals surface area (Å²) in [7, 11) is 0. The molecule has 1 fully saturated rings. The molecule has 118 valence electrons. The second-order valence-corrected chi connectivity index (χ2v) is 5.86. The minimum atomic E-state index is 0.316. The third kappa shape index (κ3) is 4.11. The number of furan rings is 1. The first-order valence-corrected chi connectivity index (χ1v) is 8.01. The van der Waals surface area contributed by atoms with Crippen LogP contribution in [0.15, 0.2) is 47.1 Å². The number of halogens is 1. The van der Waals surface area contributed by atoms with Crippen molar-refractivity contribution in [1.29, 1.82) is 0 Å². The lowest BCUT2D eigenvalue weighted by molar-refractivity contribution is 0.0160. The summed E-state index contributed by atoms with van der Waals surface area (Å²) in [6.45, 7) is 5.10. The van der Waals surface area contributed by atoms with Crippen LogP contribution in [0.5, 0.6) is 0 Å². The maximum Gasteiger partial charge on any atom is 0.117 e. The van der Waals surface area contributed by atoms with Crippen molar-refractivity contribution in [3.63, 3.8) is 0 Å². The van der Waals surface area contributed by atoms with Crippen LogP contribution in [0, 0.1) is 0 Å². The highest BCUT2D eigenvalue weighted by atomic mass is 35.5. The topological polar surface area (TPSA) is 37.6 Å². The summed E-state index contributed by atoms with van der Waals surface area (Å²) >= 11 is 6.01. The van der Waals surface area contributed by atoms with Gasteiger partial charge in [0.15, 0.2) is 0 Å². The Kier molecular flexibility index (Phi) is 5.51. The summed E-state index contributed by atoms with van der Waals surface area (Å²) < 4.78 is 10.8. The van der Waals surface area contributed by atoms with E-state index in [1.165, 1.54) is 5.56 Å². The minimum absolute atomic E-state index is 0.316. The van der Waals surface area contributed by atoms with Crippen LogP contribution in [-0.4, -0.2) is 37.7 Å². The molecule has 1 aromatic heterocycles. The van der Waals surface area contributed by atoms with E-state index in [0.29, 0.717) is 6.04 Å². The SMILES string of the molecule is Clc1ccc(C(CNCc2ccco2)N2CCOCC2)cc1. The van der Waals surface area contributed by atoms with Gasteiger partial charge in [0.25, 0.3) is 0 Å². The molecule has 0 spiro atoms. The maximum atomic E-state index is 6.01. The molecule has 3 rings (SSSR count). The molecule has 0 radical (unpaired) electrons. The van der Waals surface area contributed by atoms with Crippen LogP contribution in [0.2, 0.25) is 5.02 Å². The van der Waals surface area contributed by atoms with Crippen molar-refractivity contribution in [3.8, 4) is 0 Å². The molecule has 0 saturated carbocycles. The highest BCUT2D eigenvalue weighted by Crippen LogP contribution is 2.23. The highest BCUT2D eigenvalue weighted by Gasteiger charge is 2.22. The third-order valence-corrected chi connectivity index (χ3v) is 4.21. The lowest BCUT2D eigenvalue weighted by atomic mass is 10.0. The lowest BCUT2D eigenvalue weighted by Gasteiger charge is -2.35. The van der Waals surface area contributed by atoms with Crippen LogP contribution in [0.3, 0.4) is 0 Å². The van der Waals surface area contributed by atoms with E-state index in [9.17, 15) is 0 Å². The maximum absolute atomic E-state index is 6.01. The molecule has 0 aliphatic carbocycles. The van der Waals surface area contributed by atoms with Gasteiger partial charge in [-0.05, 0) is 29.8 Å². The molecule has 1 aliphatic heterocycles. The smallest absolute Gasteiger partial charge is 0.117 e. The number of ether oxygens (including phenoxy) is 1. The van der Waals surface area contributed by atoms with Gasteiger partial charge in [0.05, 0.1) is 26.0 Å². The monoisotopic (exact) mass is 320 g/mol. The second kappa shape index (κ2) is 7.79. The van der Waals surface area contributed by atoms with Crippen molar-refractivity contribution in [2.75, 3.05) is 32.8 Å². The van der Waals surface area contributed by atoms with Crippen molar-refractivity contribution >= 4 is 11.6 Å². The first-order chi connectivity index (χ1) is 10.8. The van der Waals surface area contributed by atoms with Gasteiger partial charge >= 0.3 is 0 Å². The molecule has 1 aromatic carbocycles. The zero-order valence-electron chi connectivity index (χ0n) is 12.5. The van der Waals surface area contributed by atoms with Crippen molar-refractivity contribution in [1.82, 2.24) is 10.2 Å². The van der Waals surface area contributed by atoms with E-state index in [1.54, 1.807) is 6.26 Å². The Hall–Kier alpha value is -1.33. The van der Waals surface area contributed by atoms with Crippen molar-refractivity contribution < 1.29 is 9.15 Å². The Bertz CT molecular complexity index is 551. The van der Waals surface area contributed by atoms with Crippen LogP contribution in [-0.2, 0) is 11.3 Å². The minimum Gasteiger partial charge on any atom is -0.468 e. The number of hydrogen-bond donors (Lipinski definition) is 1. The van der Waals surface area contributed by atoms with Crippen LogP contribution in [0.25, 0.3) is 0 Å². The average Bonchev–Trinajstić information content (AvgIpc) is 3.07. The van der Waals surface area contributed by atoms with Crippen LogP contribution in [0.1, 0.15) is 17.4 Å². The molecule has 0 amide bonds. The fourth-order valence-corrected chi connectivity index (χ4v) is 2.90. The van der Waals surface area contributed by atoms with Crippen molar-refractivity contribution in [2.24, 2.45) is 0 Å². The Morgan fingerprint density at radius 2 is 1.91 bits per heavy atom. The normalized spacial score (nSPS) is 17.5. The molecule has 1 atom stereocenters. The van der Waals surface area contributed by atoms with Crippen molar-refractivity contribution in [2.45, 2.75) is 12.6 Å². The zero-order chi connectivity index (χ0) is 15.2. The Morgan fingerprint density at radius 3 is 2.59 bits per heavy atom. The summed E-state index contributed by atoms with van der Waals surface area (Å²) in [5.74, 6) is 0.955. The van der Waals surface area contributed by atoms with Gasteiger partial charge in [-0.2, -0.15) is 0 Å². The van der Waals surface area contributed by atoms with E-state index in [-0.39, 0.29) is 0 Å². The molecule has 0 bridgehead atoms. The fraction of sp³-hybridized carbons (Fsp3) is 0.412. The Morgan fingerprint density at radius 1 is 1.14 bits per heavy atom. The molecule has 1 unspecified atom stereocenters. The molecule has 1 saturated heterocycles. The van der Waals surface area contributed by atoms with Crippen molar-refractivity contribution in [3.05, 3.63) is 59.0 Å². The van der Waals surface area contributed by atoms with E-state index < -0.39 is 0 Å². The molecule has 5 heteroatoms. The first kappa shape index (κ1) is 15.6. The lowest BCUT2D eigenvalue weighted by Crippen LogP contribution is -2.42. The van der Waals surface area contributed by atoms with Gasteiger partial charge < -0.3 is 14.5 Å². The van der Waals surface area contributed by atoms with E-state index in [1.807, 2.05) is 24.3 Å². The van der Waals surface area contributed by atoms with Crippen LogP contribution in [0.4, 0.5) is 0 Å². The second-order valence-electron chi connectivity index (χ2n) is 5.43. The molecule has 22 heavy (non-hydrogen) atoms. The molecular weight excluding hydrogens is 300 g/mol. The number of hydrogen-bond acceptors (Lipinski definition) is 4. The van der Waals surface area contributed by atoms with Gasteiger partial charge in [0.1, 0.15) is 5.76 Å². The predicted molar refractivity (Wildman–Crippen MR) is 87.0 cm³/mol. The van der Waals surface area contributed by atoms with E-state index in [4.69, 9.17) is 20.8 Å². The quantitative estimate of drug-likeness (QED) is 0.887. The van der Waals surface area contributed by atoms with Gasteiger partial charge in [-0.3, -0.25) is 4.90 Å². The van der Waals surface area contributed by atoms with E-state index >= 15 is 0 Å². The fourth-order valence-electron chi connectivity index (χ4n) is 2.78. The largest absolute Gasteiger partial charge is 0.468 e. The summed E-state index contributed by atoms with van der Waals surface area (Å²) in [5, 5.41) is 4.26. The van der Waals surface area contributed by atoms with Crippen LogP contribution < -0.4 is 5.32 Å².